The molecule has 8 N–H and O–H groups in total. The lowest BCUT2D eigenvalue weighted by Gasteiger charge is -2.40. The van der Waals surface area contributed by atoms with E-state index >= 15 is 0 Å². The Kier molecular flexibility index (Phi) is 21.4. The molecule has 528 valence electrons. The summed E-state index contributed by atoms with van der Waals surface area (Å²) in [5.74, 6) is -3.00. The first-order valence-electron chi connectivity index (χ1n) is 36.7. The number of allylic oxidation sites excluding steroid dienone is 16. The van der Waals surface area contributed by atoms with E-state index in [1.54, 1.807) is 0 Å². The van der Waals surface area contributed by atoms with E-state index in [2.05, 4.69) is 263 Å². The summed E-state index contributed by atoms with van der Waals surface area (Å²) in [5.41, 5.74) is 13.2. The van der Waals surface area contributed by atoms with Crippen molar-refractivity contribution in [3.63, 3.8) is 0 Å². The van der Waals surface area contributed by atoms with Crippen LogP contribution in [0.4, 0.5) is 0 Å². The van der Waals surface area contributed by atoms with Crippen LogP contribution in [-0.4, -0.2) is 89.7 Å². The second kappa shape index (κ2) is 27.1. The molecule has 16 bridgehead atoms. The van der Waals surface area contributed by atoms with E-state index in [4.69, 9.17) is 0 Å². The highest BCUT2D eigenvalue weighted by Crippen LogP contribution is 2.51. The average Bonchev–Trinajstić information content (AvgIpc) is 0.783. The molecule has 0 saturated heterocycles. The first-order valence-corrected chi connectivity index (χ1v) is 36.7. The van der Waals surface area contributed by atoms with E-state index in [9.17, 15) is 40.9 Å². The predicted molar refractivity (Wildman–Crippen MR) is 398 cm³/mol. The molecule has 9 rings (SSSR count). The van der Waals surface area contributed by atoms with Gasteiger partial charge in [-0.15, -0.1) is 0 Å². The Morgan fingerprint density at radius 1 is 0.198 bits per heavy atom. The highest BCUT2D eigenvalue weighted by Gasteiger charge is 2.44. The predicted octanol–water partition coefficient (Wildman–Crippen LogP) is 18.2. The lowest BCUT2D eigenvalue weighted by Crippen LogP contribution is -2.37. The normalized spacial score (nSPS) is 33.7. The number of hydrogen-bond donors (Lipinski definition) is 8. The molecule has 0 aromatic heterocycles. The Morgan fingerprint density at radius 2 is 0.323 bits per heavy atom. The van der Waals surface area contributed by atoms with Crippen molar-refractivity contribution in [1.29, 1.82) is 0 Å². The molecule has 8 heteroatoms. The first-order chi connectivity index (χ1) is 43.9. The third-order valence-electron chi connectivity index (χ3n) is 22.9. The average molecular weight is 1310 g/mol. The monoisotopic (exact) mass is 1310 g/mol. The molecule has 0 spiro atoms. The third kappa shape index (κ3) is 16.9. The second-order valence-corrected chi connectivity index (χ2v) is 39.2. The molecule has 8 nitrogen and oxygen atoms in total. The quantitative estimate of drug-likeness (QED) is 0.119. The number of aliphatic hydroxyl groups excluding tert-OH is 8. The van der Waals surface area contributed by atoms with Gasteiger partial charge < -0.3 is 40.9 Å². The van der Waals surface area contributed by atoms with Crippen LogP contribution in [0.25, 0.3) is 0 Å². The van der Waals surface area contributed by atoms with Gasteiger partial charge in [-0.3, -0.25) is 0 Å². The van der Waals surface area contributed by atoms with Crippen LogP contribution in [0.5, 0.6) is 0 Å². The van der Waals surface area contributed by atoms with E-state index in [0.717, 1.165) is 89.2 Å². The van der Waals surface area contributed by atoms with Gasteiger partial charge in [0.2, 0.25) is 0 Å². The van der Waals surface area contributed by atoms with Crippen molar-refractivity contribution in [2.75, 3.05) is 0 Å². The summed E-state index contributed by atoms with van der Waals surface area (Å²) >= 11 is 0. The minimum absolute atomic E-state index is 0.277. The zero-order chi connectivity index (χ0) is 71.4. The van der Waals surface area contributed by atoms with Crippen LogP contribution < -0.4 is 0 Å². The second-order valence-electron chi connectivity index (χ2n) is 39.2. The fourth-order valence-corrected chi connectivity index (χ4v) is 16.2. The molecule has 16 unspecified atom stereocenters. The van der Waals surface area contributed by atoms with E-state index in [1.807, 2.05) is 0 Å². The SMILES string of the molecule is CC(C)(C)C1=CC2CC3=CC(C(C)(C)C)=CC(CC4=CC(C(C)(C)C)=CC(CC5C=C(C(C)(C)C)C=C(CC6C=C(C(C)(C)C)C=C(CC7=CC(C(C)(C)C)=CC(CC8C=C(C(C)(C)C)C=C(CC9C=C(C(C)(C)C)C=C(CC(=C1)C2O)C9O)C8O)C7O)C6O)C5O)C4O)C3O. The van der Waals surface area contributed by atoms with Gasteiger partial charge in [0.05, 0.1) is 48.8 Å². The molecule has 9 aliphatic carbocycles. The zero-order valence-electron chi connectivity index (χ0n) is 63.7. The van der Waals surface area contributed by atoms with Gasteiger partial charge in [0, 0.05) is 47.3 Å². The lowest BCUT2D eigenvalue weighted by atomic mass is 9.67. The maximum absolute atomic E-state index is 13.0. The van der Waals surface area contributed by atoms with Gasteiger partial charge in [0.15, 0.2) is 0 Å². The van der Waals surface area contributed by atoms with E-state index < -0.39 is 60.7 Å². The molecule has 0 amide bonds. The summed E-state index contributed by atoms with van der Waals surface area (Å²) in [4.78, 5) is 0. The van der Waals surface area contributed by atoms with Crippen molar-refractivity contribution in [2.45, 2.75) is 266 Å². The van der Waals surface area contributed by atoms with Crippen molar-refractivity contribution >= 4 is 0 Å². The molecular formula is C88H128O8. The Balaban J connectivity index is 1.18. The lowest BCUT2D eigenvalue weighted by molar-refractivity contribution is 0.0966. The van der Waals surface area contributed by atoms with Crippen LogP contribution >= 0.6 is 0 Å². The summed E-state index contributed by atoms with van der Waals surface area (Å²) in [6.45, 7) is 52.9. The molecule has 96 heavy (non-hydrogen) atoms. The topological polar surface area (TPSA) is 162 Å². The van der Waals surface area contributed by atoms with Gasteiger partial charge in [0.1, 0.15) is 0 Å². The fourth-order valence-electron chi connectivity index (χ4n) is 16.2. The molecular weight excluding hydrogens is 1180 g/mol. The number of fused-ring (bicyclic) bond motifs is 16. The first kappa shape index (κ1) is 75.7. The minimum Gasteiger partial charge on any atom is -0.388 e. The van der Waals surface area contributed by atoms with Crippen molar-refractivity contribution in [1.82, 2.24) is 0 Å². The van der Waals surface area contributed by atoms with E-state index in [0.29, 0.717) is 51.4 Å². The van der Waals surface area contributed by atoms with E-state index in [1.165, 1.54) is 0 Å². The molecule has 1 saturated carbocycles. The number of aliphatic hydroxyl groups is 8. The maximum atomic E-state index is 13.0. The van der Waals surface area contributed by atoms with Gasteiger partial charge in [-0.25, -0.2) is 0 Å². The van der Waals surface area contributed by atoms with Gasteiger partial charge >= 0.3 is 0 Å². The summed E-state index contributed by atoms with van der Waals surface area (Å²) < 4.78 is 0. The Bertz CT molecular complexity index is 3500. The van der Waals surface area contributed by atoms with E-state index in [-0.39, 0.29) is 78.8 Å². The Morgan fingerprint density at radius 3 is 0.490 bits per heavy atom. The van der Waals surface area contributed by atoms with Crippen LogP contribution in [0.2, 0.25) is 0 Å². The molecule has 0 heterocycles. The highest BCUT2D eigenvalue weighted by molar-refractivity contribution is 5.49. The van der Waals surface area contributed by atoms with Gasteiger partial charge in [0.25, 0.3) is 0 Å². The summed E-state index contributed by atoms with van der Waals surface area (Å²) in [6.07, 6.45) is 31.1. The largest absolute Gasteiger partial charge is 0.388 e. The van der Waals surface area contributed by atoms with Crippen LogP contribution in [0.1, 0.15) is 218 Å². The van der Waals surface area contributed by atoms with Crippen LogP contribution in [0, 0.1) is 90.7 Å². The van der Waals surface area contributed by atoms with Crippen molar-refractivity contribution in [3.05, 3.63) is 186 Å². The Labute approximate surface area is 581 Å². The zero-order valence-corrected chi connectivity index (χ0v) is 63.7. The van der Waals surface area contributed by atoms with Gasteiger partial charge in [-0.2, -0.15) is 0 Å². The molecule has 9 aliphatic rings. The van der Waals surface area contributed by atoms with Crippen LogP contribution in [0.15, 0.2) is 186 Å². The summed E-state index contributed by atoms with van der Waals surface area (Å²) in [5, 5.41) is 104. The molecule has 16 atom stereocenters. The van der Waals surface area contributed by atoms with Crippen molar-refractivity contribution in [3.8, 4) is 0 Å². The third-order valence-corrected chi connectivity index (χ3v) is 22.9. The highest BCUT2D eigenvalue weighted by atomic mass is 16.3. The molecule has 0 aliphatic heterocycles. The minimum atomic E-state index is -0.919. The van der Waals surface area contributed by atoms with Crippen LogP contribution in [-0.2, 0) is 0 Å². The molecule has 0 radical (unpaired) electrons. The fraction of sp³-hybridized carbons (Fsp3) is 0.636. The molecule has 1 fully saturated rings. The molecule has 0 aromatic carbocycles. The molecule has 0 aromatic rings. The smallest absolute Gasteiger partial charge is 0.0822 e. The van der Waals surface area contributed by atoms with Gasteiger partial charge in [-0.1, -0.05) is 263 Å². The van der Waals surface area contributed by atoms with Crippen LogP contribution in [0.3, 0.4) is 0 Å². The number of hydrogen-bond acceptors (Lipinski definition) is 8. The standard InChI is InChI=1S/C88H128O8/c1-81(2,3)65-33-49-25-51-35-66(82(4,5)6)37-53(74(51)90)27-55-39-68(84(10,11)12)41-57(76(55)92)29-59-43-70(86(16,17)18)45-61(78(59)94)31-63-47-72(88(22,23)24)48-64(80(63)96)32-62-46-71(87(19,20)21)44-60(79(62)95)30-58-42-69(85(13,14)15)40-56(77(58)93)28-54-38-67(83(7,8)9)36-52(75(54)91)26-50(34-65)73(49)89/h33-49,51-52,55-56,61-63,73-80,89-96H,25-32H2,1-24H3. The summed E-state index contributed by atoms with van der Waals surface area (Å²) in [7, 11) is 0. The summed E-state index contributed by atoms with van der Waals surface area (Å²) in [6, 6.07) is 0. The van der Waals surface area contributed by atoms with Crippen molar-refractivity contribution in [2.24, 2.45) is 90.7 Å². The Hall–Kier alpha value is -4.48. The van der Waals surface area contributed by atoms with Gasteiger partial charge in [-0.05, 0) is 184 Å². The maximum Gasteiger partial charge on any atom is 0.0822 e. The van der Waals surface area contributed by atoms with Crippen molar-refractivity contribution < 1.29 is 40.9 Å². The number of rotatable bonds is 0.